The number of ether oxygens (including phenoxy) is 6. The summed E-state index contributed by atoms with van der Waals surface area (Å²) >= 11 is 0. The molecule has 17 unspecified atom stereocenters. The number of nitrogens with one attached hydrogen (secondary N) is 1. The van der Waals surface area contributed by atoms with E-state index in [2.05, 4.69) is 104 Å². The number of aliphatic hydroxyl groups excluding tert-OH is 11. The molecule has 3 aliphatic heterocycles. The molecule has 3 heterocycles. The molecule has 536 valence electrons. The van der Waals surface area contributed by atoms with E-state index in [1.807, 2.05) is 6.08 Å². The van der Waals surface area contributed by atoms with E-state index in [9.17, 15) is 61.0 Å². The first-order chi connectivity index (χ1) is 45.3. The molecule has 0 spiro atoms. The highest BCUT2D eigenvalue weighted by atomic mass is 16.8. The Kier molecular flexibility index (Phi) is 49.4. The molecular weight excluding hydrogens is 1190 g/mol. The van der Waals surface area contributed by atoms with Gasteiger partial charge in [0, 0.05) is 6.42 Å². The van der Waals surface area contributed by atoms with Crippen LogP contribution in [0.2, 0.25) is 0 Å². The lowest BCUT2D eigenvalue weighted by atomic mass is 9.96. The molecule has 0 radical (unpaired) electrons. The summed E-state index contributed by atoms with van der Waals surface area (Å²) in [5, 5.41) is 120. The summed E-state index contributed by atoms with van der Waals surface area (Å²) in [4.78, 5) is 13.4. The zero-order valence-corrected chi connectivity index (χ0v) is 56.7. The van der Waals surface area contributed by atoms with Crippen molar-refractivity contribution in [2.45, 2.75) is 336 Å². The van der Waals surface area contributed by atoms with Gasteiger partial charge in [0.2, 0.25) is 5.91 Å². The van der Waals surface area contributed by atoms with Crippen LogP contribution < -0.4 is 5.32 Å². The van der Waals surface area contributed by atoms with Crippen LogP contribution in [0.4, 0.5) is 0 Å². The Morgan fingerprint density at radius 2 is 0.753 bits per heavy atom. The van der Waals surface area contributed by atoms with Gasteiger partial charge in [-0.25, -0.2) is 0 Å². The van der Waals surface area contributed by atoms with Crippen LogP contribution in [0.5, 0.6) is 0 Å². The Bertz CT molecular complexity index is 2060. The molecule has 0 aromatic carbocycles. The predicted molar refractivity (Wildman–Crippen MR) is 364 cm³/mol. The van der Waals surface area contributed by atoms with Gasteiger partial charge in [0.1, 0.15) is 73.2 Å². The first-order valence-corrected chi connectivity index (χ1v) is 36.0. The average Bonchev–Trinajstić information content (AvgIpc) is 0.805. The van der Waals surface area contributed by atoms with Crippen LogP contribution in [0.3, 0.4) is 0 Å². The van der Waals surface area contributed by atoms with Crippen molar-refractivity contribution < 1.29 is 89.4 Å². The van der Waals surface area contributed by atoms with Crippen LogP contribution in [-0.4, -0.2) is 193 Å². The van der Waals surface area contributed by atoms with E-state index in [-0.39, 0.29) is 18.9 Å². The Balaban J connectivity index is 1.31. The van der Waals surface area contributed by atoms with Crippen LogP contribution >= 0.6 is 0 Å². The molecule has 3 aliphatic rings. The smallest absolute Gasteiger partial charge is 0.220 e. The van der Waals surface area contributed by atoms with Crippen LogP contribution in [0.15, 0.2) is 97.2 Å². The number of unbranched alkanes of at least 4 members (excludes halogenated alkanes) is 24. The maximum atomic E-state index is 13.4. The fraction of sp³-hybridized carbons (Fsp3) is 0.770. The lowest BCUT2D eigenvalue weighted by molar-refractivity contribution is -0.379. The highest BCUT2D eigenvalue weighted by Gasteiger charge is 2.53. The first kappa shape index (κ1) is 83.9. The quantitative estimate of drug-likeness (QED) is 0.0199. The summed E-state index contributed by atoms with van der Waals surface area (Å²) in [6.45, 7) is 1.55. The second-order valence-electron chi connectivity index (χ2n) is 25.3. The monoisotopic (exact) mass is 1320 g/mol. The van der Waals surface area contributed by atoms with Gasteiger partial charge >= 0.3 is 0 Å². The highest BCUT2D eigenvalue weighted by Crippen LogP contribution is 2.33. The molecule has 0 aromatic heterocycles. The molecular formula is C74H127NO18. The van der Waals surface area contributed by atoms with Crippen LogP contribution in [-0.2, 0) is 33.2 Å². The zero-order valence-electron chi connectivity index (χ0n) is 56.7. The number of amides is 1. The summed E-state index contributed by atoms with van der Waals surface area (Å²) in [5.41, 5.74) is 0. The summed E-state index contributed by atoms with van der Waals surface area (Å²) in [6, 6.07) is -0.992. The molecule has 3 saturated heterocycles. The molecule has 19 heteroatoms. The van der Waals surface area contributed by atoms with Crippen molar-refractivity contribution in [3.63, 3.8) is 0 Å². The minimum atomic E-state index is -1.98. The molecule has 0 aliphatic carbocycles. The number of hydrogen-bond acceptors (Lipinski definition) is 18. The third-order valence-electron chi connectivity index (χ3n) is 17.4. The van der Waals surface area contributed by atoms with Crippen molar-refractivity contribution in [1.82, 2.24) is 5.32 Å². The van der Waals surface area contributed by atoms with E-state index >= 15 is 0 Å². The van der Waals surface area contributed by atoms with Gasteiger partial charge in [-0.1, -0.05) is 239 Å². The SMILES string of the molecule is CC/C=C\C/C=C\C/C=C\C/C=C\C/C=C\C/C=C\CCCCCCCCCCCCCCCCCCCCC(=O)NC(COC1OC(CO)C(OC2OC(CO)C(OC3OC(CO)C(O)C(O)C3O)C(O)C2O)C(O)C1O)C(O)/C=C/CC/C=C/CCCCCCC. The topological polar surface area (TPSA) is 307 Å². The lowest BCUT2D eigenvalue weighted by Gasteiger charge is -2.48. The number of carbonyl (C=O) groups excluding carboxylic acids is 1. The van der Waals surface area contributed by atoms with Crippen LogP contribution in [0, 0.1) is 0 Å². The largest absolute Gasteiger partial charge is 0.394 e. The normalized spacial score (nSPS) is 28.1. The Hall–Kier alpha value is -3.29. The van der Waals surface area contributed by atoms with Crippen molar-refractivity contribution in [3.05, 3.63) is 97.2 Å². The van der Waals surface area contributed by atoms with E-state index in [0.29, 0.717) is 12.8 Å². The van der Waals surface area contributed by atoms with Crippen LogP contribution in [0.25, 0.3) is 0 Å². The fourth-order valence-corrected chi connectivity index (χ4v) is 11.6. The van der Waals surface area contributed by atoms with E-state index in [0.717, 1.165) is 77.0 Å². The summed E-state index contributed by atoms with van der Waals surface area (Å²) in [7, 11) is 0. The van der Waals surface area contributed by atoms with E-state index in [1.54, 1.807) is 6.08 Å². The number of hydrogen-bond donors (Lipinski definition) is 12. The second kappa shape index (κ2) is 54.7. The molecule has 12 N–H and O–H groups in total. The van der Waals surface area contributed by atoms with Crippen molar-refractivity contribution in [3.8, 4) is 0 Å². The minimum absolute atomic E-state index is 0.232. The Morgan fingerprint density at radius 1 is 0.398 bits per heavy atom. The second-order valence-corrected chi connectivity index (χ2v) is 25.3. The molecule has 0 aromatic rings. The van der Waals surface area contributed by atoms with Crippen LogP contribution in [0.1, 0.15) is 232 Å². The van der Waals surface area contributed by atoms with Gasteiger partial charge in [0.25, 0.3) is 0 Å². The van der Waals surface area contributed by atoms with Crippen molar-refractivity contribution in [2.75, 3.05) is 26.4 Å². The van der Waals surface area contributed by atoms with Gasteiger partial charge in [-0.2, -0.15) is 0 Å². The summed E-state index contributed by atoms with van der Waals surface area (Å²) in [6.07, 6.45) is 45.7. The number of allylic oxidation sites excluding steroid dienone is 15. The van der Waals surface area contributed by atoms with E-state index in [4.69, 9.17) is 28.4 Å². The van der Waals surface area contributed by atoms with Gasteiger partial charge in [-0.05, 0) is 83.5 Å². The molecule has 93 heavy (non-hydrogen) atoms. The molecule has 0 bridgehead atoms. The van der Waals surface area contributed by atoms with Gasteiger partial charge < -0.3 is 89.9 Å². The molecule has 1 amide bonds. The van der Waals surface area contributed by atoms with Gasteiger partial charge in [-0.15, -0.1) is 0 Å². The molecule has 0 saturated carbocycles. The standard InChI is InChI=1S/C74H127NO18/c1-3-5-7-9-11-13-15-16-17-18-19-20-21-22-23-24-25-26-27-28-29-30-31-32-33-34-35-36-37-38-39-40-42-44-46-48-50-52-62(80)75-57(58(79)51-49-47-45-43-41-14-12-10-8-6-4-2)56-88-72-68(86)65(83)70(60(54-77)90-72)93-74-69(87)66(84)71(61(55-78)91-74)92-73-67(85)64(82)63(81)59(53-76)89-73/h5,7,11,13,16-17,19-20,22-23,25-26,41,43,49,51,57-61,63-74,76-79,81-87H,3-4,6,8-10,12,14-15,18,21,24,27-40,42,44-48,50,52-56H2,1-2H3,(H,75,80)/b7-5-,13-11-,17-16-,20-19-,23-22-,26-25-,43-41+,51-49+. The van der Waals surface area contributed by atoms with Crippen molar-refractivity contribution >= 4 is 5.91 Å². The predicted octanol–water partition coefficient (Wildman–Crippen LogP) is 10.0. The van der Waals surface area contributed by atoms with E-state index < -0.39 is 124 Å². The Morgan fingerprint density at radius 3 is 1.20 bits per heavy atom. The third kappa shape index (κ3) is 36.2. The number of carbonyl (C=O) groups is 1. The molecule has 3 fully saturated rings. The third-order valence-corrected chi connectivity index (χ3v) is 17.4. The molecule has 3 rings (SSSR count). The maximum Gasteiger partial charge on any atom is 0.220 e. The number of aliphatic hydroxyl groups is 11. The fourth-order valence-electron chi connectivity index (χ4n) is 11.6. The molecule has 17 atom stereocenters. The summed E-state index contributed by atoms with van der Waals surface area (Å²) < 4.78 is 34.3. The average molecular weight is 1320 g/mol. The molecule has 19 nitrogen and oxygen atoms in total. The minimum Gasteiger partial charge on any atom is -0.394 e. The Labute approximate surface area is 558 Å². The number of rotatable bonds is 54. The lowest BCUT2D eigenvalue weighted by Crippen LogP contribution is -2.66. The summed E-state index contributed by atoms with van der Waals surface area (Å²) in [5.74, 6) is -0.289. The van der Waals surface area contributed by atoms with Gasteiger partial charge in [-0.3, -0.25) is 4.79 Å². The zero-order chi connectivity index (χ0) is 67.5. The first-order valence-electron chi connectivity index (χ1n) is 36.0. The van der Waals surface area contributed by atoms with Gasteiger partial charge in [0.15, 0.2) is 18.9 Å². The van der Waals surface area contributed by atoms with Crippen molar-refractivity contribution in [1.29, 1.82) is 0 Å². The highest BCUT2D eigenvalue weighted by molar-refractivity contribution is 5.76. The van der Waals surface area contributed by atoms with Gasteiger partial charge in [0.05, 0.1) is 38.6 Å². The maximum absolute atomic E-state index is 13.4. The van der Waals surface area contributed by atoms with Crippen molar-refractivity contribution in [2.24, 2.45) is 0 Å². The van der Waals surface area contributed by atoms with E-state index in [1.165, 1.54) is 122 Å².